The predicted molar refractivity (Wildman–Crippen MR) is 71.2 cm³/mol. The summed E-state index contributed by atoms with van der Waals surface area (Å²) >= 11 is 11.9. The molecular formula is C12H12Cl2N2O2. The molecule has 1 saturated heterocycles. The van der Waals surface area contributed by atoms with Gasteiger partial charge in [-0.15, -0.1) is 0 Å². The zero-order chi connectivity index (χ0) is 13.0. The number of nitrogens with zero attached hydrogens (tertiary/aromatic N) is 1. The van der Waals surface area contributed by atoms with E-state index in [0.717, 1.165) is 12.8 Å². The zero-order valence-corrected chi connectivity index (χ0v) is 11.0. The van der Waals surface area contributed by atoms with Crippen molar-refractivity contribution in [2.75, 3.05) is 6.61 Å². The van der Waals surface area contributed by atoms with Gasteiger partial charge >= 0.3 is 0 Å². The fourth-order valence-corrected chi connectivity index (χ4v) is 2.15. The number of benzene rings is 1. The van der Waals surface area contributed by atoms with Gasteiger partial charge in [0.05, 0.1) is 16.3 Å². The minimum absolute atomic E-state index is 0.244. The summed E-state index contributed by atoms with van der Waals surface area (Å²) in [4.78, 5) is 11.6. The SMILES string of the molecule is O=C(N/N=C/c1c(Cl)cccc1Cl)[C@@H]1CCCO1. The maximum absolute atomic E-state index is 11.6. The van der Waals surface area contributed by atoms with Gasteiger partial charge in [-0.25, -0.2) is 5.43 Å². The Morgan fingerprint density at radius 1 is 1.44 bits per heavy atom. The number of amides is 1. The van der Waals surface area contributed by atoms with E-state index >= 15 is 0 Å². The van der Waals surface area contributed by atoms with Gasteiger partial charge in [-0.1, -0.05) is 29.3 Å². The first-order valence-corrected chi connectivity index (χ1v) is 6.32. The molecule has 96 valence electrons. The van der Waals surface area contributed by atoms with E-state index in [1.807, 2.05) is 0 Å². The van der Waals surface area contributed by atoms with Gasteiger partial charge in [0.2, 0.25) is 0 Å². The molecule has 1 fully saturated rings. The topological polar surface area (TPSA) is 50.7 Å². The lowest BCUT2D eigenvalue weighted by molar-refractivity contribution is -0.130. The second-order valence-electron chi connectivity index (χ2n) is 3.87. The van der Waals surface area contributed by atoms with Crippen LogP contribution in [0.3, 0.4) is 0 Å². The first-order valence-electron chi connectivity index (χ1n) is 5.57. The lowest BCUT2D eigenvalue weighted by Gasteiger charge is -2.06. The standard InChI is InChI=1S/C12H12Cl2N2O2/c13-9-3-1-4-10(14)8(9)7-15-16-12(17)11-5-2-6-18-11/h1,3-4,7,11H,2,5-6H2,(H,16,17)/b15-7+/t11-/m0/s1. The highest BCUT2D eigenvalue weighted by atomic mass is 35.5. The number of rotatable bonds is 3. The van der Waals surface area contributed by atoms with E-state index in [1.165, 1.54) is 6.21 Å². The quantitative estimate of drug-likeness (QED) is 0.686. The third-order valence-electron chi connectivity index (χ3n) is 2.59. The van der Waals surface area contributed by atoms with Gasteiger partial charge < -0.3 is 4.74 Å². The van der Waals surface area contributed by atoms with E-state index in [9.17, 15) is 4.79 Å². The molecule has 0 saturated carbocycles. The van der Waals surface area contributed by atoms with Crippen LogP contribution in [0.15, 0.2) is 23.3 Å². The molecule has 1 atom stereocenters. The van der Waals surface area contributed by atoms with Crippen molar-refractivity contribution in [2.24, 2.45) is 5.10 Å². The second-order valence-corrected chi connectivity index (χ2v) is 4.69. The number of hydrogen-bond acceptors (Lipinski definition) is 3. The van der Waals surface area contributed by atoms with E-state index in [-0.39, 0.29) is 5.91 Å². The molecule has 4 nitrogen and oxygen atoms in total. The molecule has 2 rings (SSSR count). The number of hydrogen-bond donors (Lipinski definition) is 1. The summed E-state index contributed by atoms with van der Waals surface area (Å²) in [6, 6.07) is 5.15. The van der Waals surface area contributed by atoms with E-state index in [2.05, 4.69) is 10.5 Å². The van der Waals surface area contributed by atoms with Crippen LogP contribution in [-0.4, -0.2) is 24.8 Å². The Morgan fingerprint density at radius 2 is 2.17 bits per heavy atom. The number of nitrogens with one attached hydrogen (secondary N) is 1. The molecule has 0 spiro atoms. The Bertz CT molecular complexity index is 451. The summed E-state index contributed by atoms with van der Waals surface area (Å²) in [6.07, 6.45) is 2.66. The van der Waals surface area contributed by atoms with E-state index in [0.29, 0.717) is 22.2 Å². The van der Waals surface area contributed by atoms with Crippen molar-refractivity contribution in [3.05, 3.63) is 33.8 Å². The highest BCUT2D eigenvalue weighted by molar-refractivity contribution is 6.38. The summed E-state index contributed by atoms with van der Waals surface area (Å²) in [5.74, 6) is -0.244. The normalized spacial score (nSPS) is 19.3. The number of carbonyl (C=O) groups is 1. The number of ether oxygens (including phenoxy) is 1. The Morgan fingerprint density at radius 3 is 2.78 bits per heavy atom. The molecule has 1 aliphatic rings. The Hall–Kier alpha value is -1.10. The minimum atomic E-state index is -0.399. The highest BCUT2D eigenvalue weighted by Crippen LogP contribution is 2.22. The number of hydrazone groups is 1. The van der Waals surface area contributed by atoms with Crippen LogP contribution in [0.2, 0.25) is 10.0 Å². The fraction of sp³-hybridized carbons (Fsp3) is 0.333. The lowest BCUT2D eigenvalue weighted by atomic mass is 10.2. The van der Waals surface area contributed by atoms with Crippen LogP contribution in [-0.2, 0) is 9.53 Å². The molecule has 18 heavy (non-hydrogen) atoms. The van der Waals surface area contributed by atoms with Crippen molar-refractivity contribution in [2.45, 2.75) is 18.9 Å². The van der Waals surface area contributed by atoms with Crippen LogP contribution >= 0.6 is 23.2 Å². The molecule has 1 aromatic carbocycles. The second kappa shape index (κ2) is 6.18. The van der Waals surface area contributed by atoms with Crippen LogP contribution in [0.25, 0.3) is 0 Å². The summed E-state index contributed by atoms with van der Waals surface area (Å²) in [6.45, 7) is 0.623. The van der Waals surface area contributed by atoms with Gasteiger partial charge in [-0.05, 0) is 25.0 Å². The van der Waals surface area contributed by atoms with Crippen LogP contribution in [0.4, 0.5) is 0 Å². The monoisotopic (exact) mass is 286 g/mol. The molecule has 0 radical (unpaired) electrons. The molecule has 1 N–H and O–H groups in total. The third-order valence-corrected chi connectivity index (χ3v) is 3.25. The van der Waals surface area contributed by atoms with E-state index < -0.39 is 6.10 Å². The van der Waals surface area contributed by atoms with Gasteiger partial charge in [0.15, 0.2) is 0 Å². The molecule has 0 unspecified atom stereocenters. The lowest BCUT2D eigenvalue weighted by Crippen LogP contribution is -2.30. The number of halogens is 2. The van der Waals surface area contributed by atoms with Crippen molar-refractivity contribution in [1.29, 1.82) is 0 Å². The van der Waals surface area contributed by atoms with Gasteiger partial charge in [0, 0.05) is 12.2 Å². The zero-order valence-electron chi connectivity index (χ0n) is 9.53. The summed E-state index contributed by atoms with van der Waals surface area (Å²) in [5.41, 5.74) is 2.99. The van der Waals surface area contributed by atoms with Crippen LogP contribution in [0, 0.1) is 0 Å². The van der Waals surface area contributed by atoms with Gasteiger partial charge in [-0.3, -0.25) is 4.79 Å². The van der Waals surface area contributed by atoms with Crippen molar-refractivity contribution >= 4 is 35.3 Å². The first-order chi connectivity index (χ1) is 8.68. The molecule has 0 aromatic heterocycles. The molecule has 6 heteroatoms. The van der Waals surface area contributed by atoms with Crippen molar-refractivity contribution in [3.8, 4) is 0 Å². The molecule has 1 aromatic rings. The molecule has 1 aliphatic heterocycles. The fourth-order valence-electron chi connectivity index (χ4n) is 1.65. The highest BCUT2D eigenvalue weighted by Gasteiger charge is 2.22. The van der Waals surface area contributed by atoms with Crippen LogP contribution < -0.4 is 5.43 Å². The van der Waals surface area contributed by atoms with Gasteiger partial charge in [-0.2, -0.15) is 5.10 Å². The van der Waals surface area contributed by atoms with Crippen LogP contribution in [0.1, 0.15) is 18.4 Å². The summed E-state index contributed by atoms with van der Waals surface area (Å²) in [7, 11) is 0. The summed E-state index contributed by atoms with van der Waals surface area (Å²) < 4.78 is 5.23. The summed E-state index contributed by atoms with van der Waals surface area (Å²) in [5, 5.41) is 4.80. The molecule has 0 aliphatic carbocycles. The van der Waals surface area contributed by atoms with Crippen molar-refractivity contribution in [3.63, 3.8) is 0 Å². The predicted octanol–water partition coefficient (Wildman–Crippen LogP) is 2.62. The first kappa shape index (κ1) is 13.3. The van der Waals surface area contributed by atoms with Crippen molar-refractivity contribution < 1.29 is 9.53 Å². The van der Waals surface area contributed by atoms with Crippen molar-refractivity contribution in [1.82, 2.24) is 5.43 Å². The average molecular weight is 287 g/mol. The van der Waals surface area contributed by atoms with Gasteiger partial charge in [0.25, 0.3) is 5.91 Å². The molecule has 1 heterocycles. The Balaban J connectivity index is 1.96. The maximum atomic E-state index is 11.6. The third kappa shape index (κ3) is 3.22. The molecule has 0 bridgehead atoms. The van der Waals surface area contributed by atoms with Crippen LogP contribution in [0.5, 0.6) is 0 Å². The minimum Gasteiger partial charge on any atom is -0.368 e. The Kier molecular flexibility index (Phi) is 4.58. The number of carbonyl (C=O) groups excluding carboxylic acids is 1. The molecule has 1 amide bonds. The Labute approximate surface area is 115 Å². The van der Waals surface area contributed by atoms with E-state index in [4.69, 9.17) is 27.9 Å². The van der Waals surface area contributed by atoms with E-state index in [1.54, 1.807) is 18.2 Å². The van der Waals surface area contributed by atoms with Gasteiger partial charge in [0.1, 0.15) is 6.10 Å². The average Bonchev–Trinajstić information content (AvgIpc) is 2.86. The smallest absolute Gasteiger partial charge is 0.269 e. The maximum Gasteiger partial charge on any atom is 0.269 e. The largest absolute Gasteiger partial charge is 0.368 e. The molecular weight excluding hydrogens is 275 g/mol.